The number of fused-ring (bicyclic) bond motifs is 1. The van der Waals surface area contributed by atoms with Crippen LogP contribution in [0, 0.1) is 0 Å². The van der Waals surface area contributed by atoms with Crippen LogP contribution in [0.4, 0.5) is 5.69 Å². The molecule has 0 saturated carbocycles. The second-order valence-corrected chi connectivity index (χ2v) is 3.32. The zero-order valence-corrected chi connectivity index (χ0v) is 8.45. The lowest BCUT2D eigenvalue weighted by atomic mass is 10.3. The molecule has 1 atom stereocenters. The Morgan fingerprint density at radius 1 is 1.64 bits per heavy atom. The quantitative estimate of drug-likeness (QED) is 0.601. The minimum absolute atomic E-state index is 0.110. The summed E-state index contributed by atoms with van der Waals surface area (Å²) in [5, 5.41) is 0.110. The first-order chi connectivity index (χ1) is 6.59. The highest BCUT2D eigenvalue weighted by molar-refractivity contribution is 6.28. The fourth-order valence-corrected chi connectivity index (χ4v) is 1.39. The molecular formula is C8H8ClN3O2. The number of hydrogen-bond donors (Lipinski definition) is 0. The third-order valence-electron chi connectivity index (χ3n) is 2.03. The molecule has 0 radical (unpaired) electrons. The molecule has 0 aliphatic carbocycles. The normalized spacial score (nSPS) is 20.4. The van der Waals surface area contributed by atoms with Crippen LogP contribution in [-0.2, 0) is 4.79 Å². The van der Waals surface area contributed by atoms with Crippen molar-refractivity contribution >= 4 is 23.2 Å². The number of ether oxygens (including phenoxy) is 1. The van der Waals surface area contributed by atoms with Crippen LogP contribution >= 0.6 is 11.6 Å². The Hall–Kier alpha value is -1.36. The maximum atomic E-state index is 11.5. The van der Waals surface area contributed by atoms with Crippen LogP contribution in [0.25, 0.3) is 0 Å². The van der Waals surface area contributed by atoms with Crippen LogP contribution < -0.4 is 9.64 Å². The van der Waals surface area contributed by atoms with E-state index in [-0.39, 0.29) is 11.2 Å². The highest BCUT2D eigenvalue weighted by Gasteiger charge is 2.30. The van der Waals surface area contributed by atoms with Crippen LogP contribution in [0.3, 0.4) is 0 Å². The number of nitrogens with zero attached hydrogens (tertiary/aromatic N) is 3. The van der Waals surface area contributed by atoms with E-state index in [9.17, 15) is 4.79 Å². The molecule has 0 aromatic carbocycles. The standard InChI is InChI=1S/C8H8ClN3O2/c1-4-7(13)12(2)5-3-10-8(9)11-6(5)14-4/h3-4H,1-2H3. The molecule has 74 valence electrons. The first-order valence-electron chi connectivity index (χ1n) is 4.06. The zero-order chi connectivity index (χ0) is 10.3. The van der Waals surface area contributed by atoms with Gasteiger partial charge in [0.15, 0.2) is 6.10 Å². The second kappa shape index (κ2) is 3.09. The van der Waals surface area contributed by atoms with Crippen LogP contribution in [0.2, 0.25) is 5.28 Å². The molecule has 1 aliphatic rings. The maximum absolute atomic E-state index is 11.5. The van der Waals surface area contributed by atoms with Gasteiger partial charge in [-0.05, 0) is 18.5 Å². The van der Waals surface area contributed by atoms with Crippen LogP contribution in [0.5, 0.6) is 5.88 Å². The number of carbonyl (C=O) groups is 1. The molecule has 2 heterocycles. The minimum atomic E-state index is -0.529. The van der Waals surface area contributed by atoms with Gasteiger partial charge in [-0.3, -0.25) is 4.79 Å². The maximum Gasteiger partial charge on any atom is 0.267 e. The number of likely N-dealkylation sites (N-methyl/N-ethyl adjacent to an activating group) is 1. The molecule has 0 saturated heterocycles. The van der Waals surface area contributed by atoms with Crippen molar-refractivity contribution in [2.75, 3.05) is 11.9 Å². The Bertz CT molecular complexity index is 396. The molecule has 1 amide bonds. The Balaban J connectivity index is 2.50. The molecular weight excluding hydrogens is 206 g/mol. The van der Waals surface area contributed by atoms with Gasteiger partial charge in [0.1, 0.15) is 5.69 Å². The molecule has 6 heteroatoms. The molecule has 14 heavy (non-hydrogen) atoms. The van der Waals surface area contributed by atoms with E-state index in [1.165, 1.54) is 11.1 Å². The number of rotatable bonds is 0. The first-order valence-corrected chi connectivity index (χ1v) is 4.44. The number of hydrogen-bond acceptors (Lipinski definition) is 4. The minimum Gasteiger partial charge on any atom is -0.463 e. The second-order valence-electron chi connectivity index (χ2n) is 2.99. The van der Waals surface area contributed by atoms with Gasteiger partial charge in [-0.25, -0.2) is 4.98 Å². The van der Waals surface area contributed by atoms with Crippen LogP contribution in [-0.4, -0.2) is 29.0 Å². The summed E-state index contributed by atoms with van der Waals surface area (Å²) in [6.07, 6.45) is 0.938. The van der Waals surface area contributed by atoms with Gasteiger partial charge >= 0.3 is 0 Å². The van der Waals surface area contributed by atoms with E-state index in [2.05, 4.69) is 9.97 Å². The molecule has 0 bridgehead atoms. The van der Waals surface area contributed by atoms with Crippen LogP contribution in [0.15, 0.2) is 6.20 Å². The van der Waals surface area contributed by atoms with E-state index in [4.69, 9.17) is 16.3 Å². The van der Waals surface area contributed by atoms with E-state index in [0.29, 0.717) is 11.6 Å². The third kappa shape index (κ3) is 1.29. The Labute approximate surface area is 85.7 Å². The predicted octanol–water partition coefficient (Wildman–Crippen LogP) is 0.874. The summed E-state index contributed by atoms with van der Waals surface area (Å²) in [4.78, 5) is 20.6. The Morgan fingerprint density at radius 3 is 3.07 bits per heavy atom. The third-order valence-corrected chi connectivity index (χ3v) is 2.22. The van der Waals surface area contributed by atoms with Gasteiger partial charge in [-0.1, -0.05) is 0 Å². The lowest BCUT2D eigenvalue weighted by Crippen LogP contribution is -2.42. The van der Waals surface area contributed by atoms with Gasteiger partial charge in [-0.15, -0.1) is 0 Å². The molecule has 1 aliphatic heterocycles. The number of halogens is 1. The van der Waals surface area contributed by atoms with E-state index in [1.54, 1.807) is 14.0 Å². The van der Waals surface area contributed by atoms with E-state index < -0.39 is 6.10 Å². The van der Waals surface area contributed by atoms with Crippen molar-refractivity contribution in [2.24, 2.45) is 0 Å². The average molecular weight is 214 g/mol. The Morgan fingerprint density at radius 2 is 2.36 bits per heavy atom. The SMILES string of the molecule is CC1Oc2nc(Cl)ncc2N(C)C1=O. The summed E-state index contributed by atoms with van der Waals surface area (Å²) < 4.78 is 5.27. The smallest absolute Gasteiger partial charge is 0.267 e. The molecule has 1 aromatic heterocycles. The summed E-state index contributed by atoms with van der Waals surface area (Å²) in [6.45, 7) is 1.66. The van der Waals surface area contributed by atoms with E-state index in [1.807, 2.05) is 0 Å². The lowest BCUT2D eigenvalue weighted by Gasteiger charge is -2.28. The molecule has 0 fully saturated rings. The predicted molar refractivity (Wildman–Crippen MR) is 50.5 cm³/mol. The Kier molecular flexibility index (Phi) is 2.03. The monoisotopic (exact) mass is 213 g/mol. The summed E-state index contributed by atoms with van der Waals surface area (Å²) in [5.41, 5.74) is 0.539. The molecule has 1 unspecified atom stereocenters. The fourth-order valence-electron chi connectivity index (χ4n) is 1.27. The van der Waals surface area contributed by atoms with Crippen molar-refractivity contribution in [1.82, 2.24) is 9.97 Å². The van der Waals surface area contributed by atoms with Crippen molar-refractivity contribution in [3.63, 3.8) is 0 Å². The average Bonchev–Trinajstić information content (AvgIpc) is 2.14. The van der Waals surface area contributed by atoms with Gasteiger partial charge in [0.25, 0.3) is 5.91 Å². The topological polar surface area (TPSA) is 55.3 Å². The van der Waals surface area contributed by atoms with Crippen molar-refractivity contribution < 1.29 is 9.53 Å². The summed E-state index contributed by atoms with van der Waals surface area (Å²) >= 11 is 5.60. The van der Waals surface area contributed by atoms with E-state index in [0.717, 1.165) is 0 Å². The van der Waals surface area contributed by atoms with Gasteiger partial charge < -0.3 is 9.64 Å². The van der Waals surface area contributed by atoms with Crippen molar-refractivity contribution in [2.45, 2.75) is 13.0 Å². The zero-order valence-electron chi connectivity index (χ0n) is 7.69. The molecule has 0 spiro atoms. The van der Waals surface area contributed by atoms with Gasteiger partial charge in [0.05, 0.1) is 6.20 Å². The number of carbonyl (C=O) groups excluding carboxylic acids is 1. The van der Waals surface area contributed by atoms with Gasteiger partial charge in [-0.2, -0.15) is 4.98 Å². The van der Waals surface area contributed by atoms with Crippen molar-refractivity contribution in [3.8, 4) is 5.88 Å². The number of aromatic nitrogens is 2. The van der Waals surface area contributed by atoms with Crippen molar-refractivity contribution in [1.29, 1.82) is 0 Å². The highest BCUT2D eigenvalue weighted by Crippen LogP contribution is 2.30. The first kappa shape index (κ1) is 9.21. The van der Waals surface area contributed by atoms with E-state index >= 15 is 0 Å². The molecule has 0 N–H and O–H groups in total. The van der Waals surface area contributed by atoms with Crippen LogP contribution in [0.1, 0.15) is 6.92 Å². The number of amides is 1. The number of anilines is 1. The van der Waals surface area contributed by atoms with Gasteiger partial charge in [0, 0.05) is 7.05 Å². The molecule has 5 nitrogen and oxygen atoms in total. The highest BCUT2D eigenvalue weighted by atomic mass is 35.5. The molecule has 1 aromatic rings. The van der Waals surface area contributed by atoms with Gasteiger partial charge in [0.2, 0.25) is 11.2 Å². The summed E-state index contributed by atoms with van der Waals surface area (Å²) in [5.74, 6) is 0.225. The fraction of sp³-hybridized carbons (Fsp3) is 0.375. The lowest BCUT2D eigenvalue weighted by molar-refractivity contribution is -0.125. The molecule has 2 rings (SSSR count). The van der Waals surface area contributed by atoms with Crippen molar-refractivity contribution in [3.05, 3.63) is 11.5 Å². The summed E-state index contributed by atoms with van der Waals surface area (Å²) in [6, 6.07) is 0. The summed E-state index contributed by atoms with van der Waals surface area (Å²) in [7, 11) is 1.65. The largest absolute Gasteiger partial charge is 0.463 e.